The van der Waals surface area contributed by atoms with E-state index in [9.17, 15) is 22.7 Å². The van der Waals surface area contributed by atoms with Crippen LogP contribution in [0.1, 0.15) is 23.1 Å². The Kier molecular flexibility index (Phi) is 9.23. The van der Waals surface area contributed by atoms with Crippen molar-refractivity contribution in [3.8, 4) is 29.0 Å². The van der Waals surface area contributed by atoms with Gasteiger partial charge in [0.1, 0.15) is 17.7 Å². The molecule has 0 spiro atoms. The Morgan fingerprint density at radius 3 is 2.59 bits per heavy atom. The molecule has 1 aliphatic heterocycles. The minimum Gasteiger partial charge on any atom is -0.465 e. The molecule has 5 aromatic rings. The van der Waals surface area contributed by atoms with E-state index in [-0.39, 0.29) is 42.4 Å². The third-order valence-electron chi connectivity index (χ3n) is 7.90. The van der Waals surface area contributed by atoms with Crippen molar-refractivity contribution in [2.75, 3.05) is 23.1 Å². The number of fused-ring (bicyclic) bond motifs is 1. The number of ether oxygens (including phenoxy) is 1. The van der Waals surface area contributed by atoms with E-state index in [0.717, 1.165) is 11.0 Å². The van der Waals surface area contributed by atoms with Crippen LogP contribution in [0.3, 0.4) is 0 Å². The second kappa shape index (κ2) is 13.7. The maximum absolute atomic E-state index is 15.2. The van der Waals surface area contributed by atoms with E-state index in [1.54, 1.807) is 37.3 Å². The lowest BCUT2D eigenvalue weighted by molar-refractivity contribution is 0.102. The van der Waals surface area contributed by atoms with Gasteiger partial charge in [0.25, 0.3) is 0 Å². The largest absolute Gasteiger partial charge is 0.465 e. The van der Waals surface area contributed by atoms with Gasteiger partial charge in [-0.15, -0.1) is 0 Å². The third-order valence-corrected chi connectivity index (χ3v) is 9.13. The molecule has 2 aromatic heterocycles. The van der Waals surface area contributed by atoms with E-state index in [2.05, 4.69) is 25.0 Å². The number of hydrogen-bond donors (Lipinski definition) is 3. The highest BCUT2D eigenvalue weighted by Gasteiger charge is 2.30. The van der Waals surface area contributed by atoms with Gasteiger partial charge < -0.3 is 20.1 Å². The smallest absolute Gasteiger partial charge is 0.407 e. The predicted octanol–water partition coefficient (Wildman–Crippen LogP) is 6.25. The molecule has 0 radical (unpaired) electrons. The fourth-order valence-electron chi connectivity index (χ4n) is 5.61. The monoisotopic (exact) mass is 685 g/mol. The summed E-state index contributed by atoms with van der Waals surface area (Å²) in [6.07, 6.45) is 0.563. The molecular weight excluding hydrogens is 656 g/mol. The van der Waals surface area contributed by atoms with E-state index < -0.39 is 39.9 Å². The number of carbonyl (C=O) groups is 1. The van der Waals surface area contributed by atoms with Gasteiger partial charge in [-0.25, -0.2) is 36.9 Å². The summed E-state index contributed by atoms with van der Waals surface area (Å²) in [5.74, 6) is -0.611. The summed E-state index contributed by atoms with van der Waals surface area (Å²) >= 11 is 0. The van der Waals surface area contributed by atoms with Gasteiger partial charge in [-0.1, -0.05) is 24.3 Å². The molecular formula is C34H29F2N7O5S. The zero-order chi connectivity index (χ0) is 34.7. The number of sulfonamides is 1. The molecule has 1 saturated heterocycles. The molecule has 2 atom stereocenters. The quantitative estimate of drug-likeness (QED) is 0.161. The second-order valence-electron chi connectivity index (χ2n) is 11.5. The first-order valence-corrected chi connectivity index (χ1v) is 16.7. The van der Waals surface area contributed by atoms with Crippen LogP contribution < -0.4 is 14.8 Å². The number of amides is 1. The van der Waals surface area contributed by atoms with Gasteiger partial charge in [0.2, 0.25) is 21.9 Å². The van der Waals surface area contributed by atoms with Crippen molar-refractivity contribution < 1.29 is 31.8 Å². The van der Waals surface area contributed by atoms with E-state index in [0.29, 0.717) is 39.1 Å². The van der Waals surface area contributed by atoms with Crippen LogP contribution >= 0.6 is 0 Å². The minimum absolute atomic E-state index is 0.0686. The van der Waals surface area contributed by atoms with E-state index in [4.69, 9.17) is 10.00 Å². The Morgan fingerprint density at radius 2 is 1.84 bits per heavy atom. The number of likely N-dealkylation sites (tertiary alicyclic amines) is 1. The molecule has 0 bridgehead atoms. The maximum atomic E-state index is 15.2. The van der Waals surface area contributed by atoms with Crippen molar-refractivity contribution in [2.45, 2.75) is 31.3 Å². The van der Waals surface area contributed by atoms with Crippen LogP contribution in [0.25, 0.3) is 22.0 Å². The van der Waals surface area contributed by atoms with Crippen molar-refractivity contribution in [1.29, 1.82) is 5.26 Å². The van der Waals surface area contributed by atoms with Crippen LogP contribution in [0, 0.1) is 24.1 Å². The van der Waals surface area contributed by atoms with Crippen LogP contribution in [0.5, 0.6) is 11.6 Å². The SMILES string of the molecule is Cc1ccc2c(NS(=O)(=O)Cc3ccc(C#N)cc3)c(F)ccc2c1Oc1ncccc1-c1ccnc(NC2CC(F)CN(C(=O)O)C2)n1. The molecule has 3 N–H and O–H groups in total. The molecule has 15 heteroatoms. The first-order valence-electron chi connectivity index (χ1n) is 15.1. The Morgan fingerprint density at radius 1 is 1.06 bits per heavy atom. The van der Waals surface area contributed by atoms with Crippen LogP contribution in [-0.2, 0) is 15.8 Å². The Labute approximate surface area is 280 Å². The fourth-order valence-corrected chi connectivity index (χ4v) is 6.83. The number of alkyl halides is 1. The molecule has 1 amide bonds. The maximum Gasteiger partial charge on any atom is 0.407 e. The number of halogens is 2. The van der Waals surface area contributed by atoms with Crippen LogP contribution in [0.2, 0.25) is 0 Å². The van der Waals surface area contributed by atoms with Crippen LogP contribution in [0.15, 0.2) is 79.1 Å². The van der Waals surface area contributed by atoms with Gasteiger partial charge in [-0.2, -0.15) is 5.26 Å². The Hall–Kier alpha value is -5.88. The van der Waals surface area contributed by atoms with Gasteiger partial charge in [-0.05, 0) is 60.5 Å². The van der Waals surface area contributed by atoms with Crippen LogP contribution in [0.4, 0.5) is 25.2 Å². The number of benzene rings is 3. The number of piperidine rings is 1. The molecule has 49 heavy (non-hydrogen) atoms. The van der Waals surface area contributed by atoms with E-state index >= 15 is 4.39 Å². The molecule has 6 rings (SSSR count). The lowest BCUT2D eigenvalue weighted by Crippen LogP contribution is -2.49. The number of hydrogen-bond acceptors (Lipinski definition) is 9. The normalized spacial score (nSPS) is 16.2. The molecule has 0 saturated carbocycles. The summed E-state index contributed by atoms with van der Waals surface area (Å²) in [7, 11) is -4.07. The Bertz CT molecular complexity index is 2200. The number of anilines is 2. The van der Waals surface area contributed by atoms with Crippen molar-refractivity contribution in [2.24, 2.45) is 0 Å². The number of carboxylic acid groups (broad SMARTS) is 1. The van der Waals surface area contributed by atoms with Gasteiger partial charge >= 0.3 is 6.09 Å². The molecule has 3 heterocycles. The fraction of sp³-hybridized carbons (Fsp3) is 0.206. The van der Waals surface area contributed by atoms with Gasteiger partial charge in [0.15, 0.2) is 0 Å². The summed E-state index contributed by atoms with van der Waals surface area (Å²) < 4.78 is 64.5. The summed E-state index contributed by atoms with van der Waals surface area (Å²) in [6, 6.07) is 18.4. The zero-order valence-corrected chi connectivity index (χ0v) is 26.8. The molecule has 2 unspecified atom stereocenters. The number of aromatic nitrogens is 3. The summed E-state index contributed by atoms with van der Waals surface area (Å²) in [4.78, 5) is 25.6. The topological polar surface area (TPSA) is 170 Å². The number of nitriles is 1. The minimum atomic E-state index is -4.07. The summed E-state index contributed by atoms with van der Waals surface area (Å²) in [5.41, 5.74) is 2.09. The highest BCUT2D eigenvalue weighted by atomic mass is 32.2. The standard InChI is InChI=1S/C34H29F2N7O5S/c1-20-4-9-25-26(10-11-28(36)30(25)42-49(46,47)19-22-7-5-21(16-37)6-8-22)31(20)48-32-27(3-2-13-38-32)29-12-14-39-33(41-29)40-24-15-23(35)17-43(18-24)34(44)45/h2-14,23-24,42H,15,17-19H2,1H3,(H,44,45)(H,39,40,41). The van der Waals surface area contributed by atoms with Crippen LogP contribution in [-0.4, -0.2) is 64.8 Å². The number of pyridine rings is 1. The van der Waals surface area contributed by atoms with Gasteiger partial charge in [-0.3, -0.25) is 4.72 Å². The first-order chi connectivity index (χ1) is 23.5. The summed E-state index contributed by atoms with van der Waals surface area (Å²) in [6.45, 7) is 1.65. The number of nitrogens with one attached hydrogen (secondary N) is 2. The van der Waals surface area contributed by atoms with Crippen molar-refractivity contribution >= 4 is 38.5 Å². The molecule has 12 nitrogen and oxygen atoms in total. The van der Waals surface area contributed by atoms with E-state index in [1.165, 1.54) is 42.7 Å². The lowest BCUT2D eigenvalue weighted by Gasteiger charge is -2.33. The van der Waals surface area contributed by atoms with Gasteiger partial charge in [0, 0.05) is 42.2 Å². The number of aryl methyl sites for hydroxylation is 1. The van der Waals surface area contributed by atoms with E-state index in [1.807, 2.05) is 6.07 Å². The lowest BCUT2D eigenvalue weighted by atomic mass is 10.0. The van der Waals surface area contributed by atoms with Crippen molar-refractivity contribution in [3.05, 3.63) is 102 Å². The molecule has 250 valence electrons. The molecule has 1 fully saturated rings. The molecule has 1 aliphatic rings. The average Bonchev–Trinajstić information content (AvgIpc) is 3.07. The van der Waals surface area contributed by atoms with Gasteiger partial charge in [0.05, 0.1) is 40.9 Å². The van der Waals surface area contributed by atoms with Crippen molar-refractivity contribution in [1.82, 2.24) is 19.9 Å². The van der Waals surface area contributed by atoms with Crippen molar-refractivity contribution in [3.63, 3.8) is 0 Å². The summed E-state index contributed by atoms with van der Waals surface area (Å²) in [5, 5.41) is 22.1. The highest BCUT2D eigenvalue weighted by Crippen LogP contribution is 2.40. The number of rotatable bonds is 9. The highest BCUT2D eigenvalue weighted by molar-refractivity contribution is 7.91. The average molecular weight is 686 g/mol. The third kappa shape index (κ3) is 7.49. The first kappa shape index (κ1) is 33.0. The zero-order valence-electron chi connectivity index (χ0n) is 26.0. The molecule has 3 aromatic carbocycles. The predicted molar refractivity (Wildman–Crippen MR) is 178 cm³/mol. The number of nitrogens with zero attached hydrogens (tertiary/aromatic N) is 5. The second-order valence-corrected chi connectivity index (χ2v) is 13.2. The Balaban J connectivity index is 1.29. The molecule has 0 aliphatic carbocycles.